The average molecular weight is 425 g/mol. The molecular weight excluding hydrogens is 404 g/mol. The summed E-state index contributed by atoms with van der Waals surface area (Å²) in [4.78, 5) is 21.0. The molecule has 7 heteroatoms. The molecule has 2 aromatic carbocycles. The molecule has 2 N–H and O–H groups in total. The first kappa shape index (κ1) is 21.5. The summed E-state index contributed by atoms with van der Waals surface area (Å²) in [5.74, 6) is -0.770. The van der Waals surface area contributed by atoms with Gasteiger partial charge in [-0.3, -0.25) is 0 Å². The minimum atomic E-state index is -0.976. The quantitative estimate of drug-likeness (QED) is 0.723. The molecule has 0 bridgehead atoms. The van der Waals surface area contributed by atoms with Crippen LogP contribution in [0, 0.1) is 6.92 Å². The van der Waals surface area contributed by atoms with Gasteiger partial charge in [-0.05, 0) is 60.5 Å². The molecule has 0 spiro atoms. The Morgan fingerprint density at radius 2 is 1.27 bits per heavy atom. The standard InChI is InChI=1S/C10H12O3.C9H9BrO3/c1-7-5-3-4-6-9(7)13-8(2)10(11)12;1-6(9(11)12)13-8-5-3-2-4-7(8)10/h3-6,8H,1-2H3,(H,11,12);2-6H,1H3,(H,11,12)/t8-;6-/m01/s1. The summed E-state index contributed by atoms with van der Waals surface area (Å²) in [5, 5.41) is 17.2. The van der Waals surface area contributed by atoms with Gasteiger partial charge in [0.2, 0.25) is 0 Å². The zero-order valence-corrected chi connectivity index (χ0v) is 16.3. The van der Waals surface area contributed by atoms with Crippen molar-refractivity contribution in [1.82, 2.24) is 0 Å². The van der Waals surface area contributed by atoms with Gasteiger partial charge in [0, 0.05) is 0 Å². The van der Waals surface area contributed by atoms with E-state index in [1.54, 1.807) is 24.3 Å². The third-order valence-corrected chi connectivity index (χ3v) is 3.89. The number of carboxylic acids is 2. The number of carboxylic acid groups (broad SMARTS) is 2. The Balaban J connectivity index is 0.000000260. The van der Waals surface area contributed by atoms with Crippen molar-refractivity contribution in [2.75, 3.05) is 0 Å². The Labute approximate surface area is 160 Å². The first-order valence-electron chi connectivity index (χ1n) is 7.81. The van der Waals surface area contributed by atoms with Crippen LogP contribution in [-0.4, -0.2) is 34.4 Å². The number of halogens is 1. The van der Waals surface area contributed by atoms with Gasteiger partial charge in [0.15, 0.2) is 12.2 Å². The van der Waals surface area contributed by atoms with E-state index in [4.69, 9.17) is 19.7 Å². The van der Waals surface area contributed by atoms with Gasteiger partial charge < -0.3 is 19.7 Å². The third-order valence-electron chi connectivity index (χ3n) is 3.23. The molecule has 0 radical (unpaired) electrons. The topological polar surface area (TPSA) is 93.1 Å². The lowest BCUT2D eigenvalue weighted by molar-refractivity contribution is -0.145. The lowest BCUT2D eigenvalue weighted by Crippen LogP contribution is -2.23. The molecule has 0 saturated carbocycles. The van der Waals surface area contributed by atoms with Gasteiger partial charge in [-0.25, -0.2) is 9.59 Å². The van der Waals surface area contributed by atoms with Crippen LogP contribution >= 0.6 is 15.9 Å². The number of aliphatic carboxylic acids is 2. The molecular formula is C19H21BrO6. The number of carbonyl (C=O) groups is 2. The maximum atomic E-state index is 10.5. The van der Waals surface area contributed by atoms with Crippen LogP contribution in [-0.2, 0) is 9.59 Å². The minimum absolute atomic E-state index is 0.539. The van der Waals surface area contributed by atoms with Crippen molar-refractivity contribution in [3.63, 3.8) is 0 Å². The molecule has 2 rings (SSSR count). The number of aryl methyl sites for hydroxylation is 1. The van der Waals surface area contributed by atoms with Gasteiger partial charge in [0.05, 0.1) is 4.47 Å². The number of benzene rings is 2. The molecule has 140 valence electrons. The van der Waals surface area contributed by atoms with Crippen LogP contribution < -0.4 is 9.47 Å². The van der Waals surface area contributed by atoms with Crippen LogP contribution in [0.5, 0.6) is 11.5 Å². The molecule has 0 saturated heterocycles. The van der Waals surface area contributed by atoms with Crippen LogP contribution in [0.15, 0.2) is 53.0 Å². The van der Waals surface area contributed by atoms with Gasteiger partial charge in [-0.2, -0.15) is 0 Å². The minimum Gasteiger partial charge on any atom is -0.479 e. The highest BCUT2D eigenvalue weighted by atomic mass is 79.9. The Kier molecular flexibility index (Phi) is 8.64. The van der Waals surface area contributed by atoms with E-state index in [9.17, 15) is 9.59 Å². The van der Waals surface area contributed by atoms with E-state index in [-0.39, 0.29) is 0 Å². The molecule has 2 aromatic rings. The molecule has 0 aliphatic carbocycles. The molecule has 0 aliphatic heterocycles. The Hall–Kier alpha value is -2.54. The highest BCUT2D eigenvalue weighted by Gasteiger charge is 2.13. The maximum Gasteiger partial charge on any atom is 0.344 e. The normalized spacial score (nSPS) is 12.2. The summed E-state index contributed by atoms with van der Waals surface area (Å²) in [6, 6.07) is 14.5. The van der Waals surface area contributed by atoms with Crippen molar-refractivity contribution in [3.8, 4) is 11.5 Å². The lowest BCUT2D eigenvalue weighted by atomic mass is 10.2. The van der Waals surface area contributed by atoms with E-state index in [1.165, 1.54) is 13.8 Å². The number of hydrogen-bond donors (Lipinski definition) is 2. The predicted molar refractivity (Wildman–Crippen MR) is 101 cm³/mol. The second-order valence-corrected chi connectivity index (χ2v) is 6.25. The van der Waals surface area contributed by atoms with Crippen LogP contribution in [0.4, 0.5) is 0 Å². The van der Waals surface area contributed by atoms with Crippen LogP contribution in [0.3, 0.4) is 0 Å². The van der Waals surface area contributed by atoms with Crippen molar-refractivity contribution in [2.24, 2.45) is 0 Å². The van der Waals surface area contributed by atoms with Gasteiger partial charge >= 0.3 is 11.9 Å². The van der Waals surface area contributed by atoms with Crippen molar-refractivity contribution < 1.29 is 29.3 Å². The summed E-state index contributed by atoms with van der Waals surface area (Å²) in [7, 11) is 0. The second kappa shape index (κ2) is 10.5. The lowest BCUT2D eigenvalue weighted by Gasteiger charge is -2.11. The van der Waals surface area contributed by atoms with Gasteiger partial charge in [0.25, 0.3) is 0 Å². The van der Waals surface area contributed by atoms with E-state index in [1.807, 2.05) is 31.2 Å². The number of ether oxygens (including phenoxy) is 2. The van der Waals surface area contributed by atoms with Gasteiger partial charge in [-0.1, -0.05) is 30.3 Å². The first-order valence-corrected chi connectivity index (χ1v) is 8.60. The summed E-state index contributed by atoms with van der Waals surface area (Å²) in [5.41, 5.74) is 0.940. The van der Waals surface area contributed by atoms with Crippen LogP contribution in [0.2, 0.25) is 0 Å². The highest BCUT2D eigenvalue weighted by molar-refractivity contribution is 9.10. The number of para-hydroxylation sites is 2. The molecule has 2 atom stereocenters. The van der Waals surface area contributed by atoms with E-state index >= 15 is 0 Å². The van der Waals surface area contributed by atoms with Crippen LogP contribution in [0.1, 0.15) is 19.4 Å². The van der Waals surface area contributed by atoms with Crippen molar-refractivity contribution in [2.45, 2.75) is 33.0 Å². The number of hydrogen-bond acceptors (Lipinski definition) is 4. The Morgan fingerprint density at radius 3 is 1.73 bits per heavy atom. The van der Waals surface area contributed by atoms with Gasteiger partial charge in [-0.15, -0.1) is 0 Å². The zero-order valence-electron chi connectivity index (χ0n) is 14.7. The van der Waals surface area contributed by atoms with Gasteiger partial charge in [0.1, 0.15) is 11.5 Å². The van der Waals surface area contributed by atoms with Crippen molar-refractivity contribution >= 4 is 27.9 Å². The fraction of sp³-hybridized carbons (Fsp3) is 0.263. The monoisotopic (exact) mass is 424 g/mol. The maximum absolute atomic E-state index is 10.5. The molecule has 0 heterocycles. The molecule has 0 unspecified atom stereocenters. The Bertz CT molecular complexity index is 683. The molecule has 26 heavy (non-hydrogen) atoms. The van der Waals surface area contributed by atoms with E-state index in [2.05, 4.69) is 15.9 Å². The Morgan fingerprint density at radius 1 is 0.846 bits per heavy atom. The molecule has 6 nitrogen and oxygen atoms in total. The SMILES string of the molecule is C[C@@H](Oc1ccccc1Br)C(=O)O.Cc1ccccc1O[C@@H](C)C(=O)O. The summed E-state index contributed by atoms with van der Waals surface area (Å²) in [6.07, 6.45) is -1.64. The van der Waals surface area contributed by atoms with Crippen molar-refractivity contribution in [3.05, 3.63) is 58.6 Å². The molecule has 0 fully saturated rings. The summed E-state index contributed by atoms with van der Waals surface area (Å²) >= 11 is 3.26. The summed E-state index contributed by atoms with van der Waals surface area (Å²) < 4.78 is 11.1. The second-order valence-electron chi connectivity index (χ2n) is 5.39. The predicted octanol–water partition coefficient (Wildman–Crippen LogP) is 4.15. The fourth-order valence-corrected chi connectivity index (χ4v) is 2.09. The smallest absolute Gasteiger partial charge is 0.344 e. The average Bonchev–Trinajstić information content (AvgIpc) is 2.59. The molecule has 0 aromatic heterocycles. The molecule has 0 amide bonds. The molecule has 0 aliphatic rings. The number of rotatable bonds is 6. The van der Waals surface area contributed by atoms with E-state index in [0.29, 0.717) is 11.5 Å². The highest BCUT2D eigenvalue weighted by Crippen LogP contribution is 2.24. The third kappa shape index (κ3) is 7.14. The zero-order chi connectivity index (χ0) is 19.7. The van der Waals surface area contributed by atoms with E-state index < -0.39 is 24.1 Å². The first-order chi connectivity index (χ1) is 12.2. The van der Waals surface area contributed by atoms with Crippen LogP contribution in [0.25, 0.3) is 0 Å². The fourth-order valence-electron chi connectivity index (χ4n) is 1.71. The van der Waals surface area contributed by atoms with E-state index in [0.717, 1.165) is 10.0 Å². The van der Waals surface area contributed by atoms with Crippen molar-refractivity contribution in [1.29, 1.82) is 0 Å². The summed E-state index contributed by atoms with van der Waals surface area (Å²) in [6.45, 7) is 4.88. The largest absolute Gasteiger partial charge is 0.479 e.